The molecule has 0 spiro atoms. The molecule has 3 rings (SSSR count). The molecule has 0 aliphatic heterocycles. The Morgan fingerprint density at radius 2 is 1.80 bits per heavy atom. The lowest BCUT2D eigenvalue weighted by molar-refractivity contribution is 0.172. The smallest absolute Gasteiger partial charge is 0.414 e. The van der Waals surface area contributed by atoms with Crippen LogP contribution in [0.5, 0.6) is 11.5 Å². The number of hydrogen-bond donors (Lipinski definition) is 0. The normalized spacial score (nSPS) is 10.5. The fourth-order valence-electron chi connectivity index (χ4n) is 2.42. The highest BCUT2D eigenvalue weighted by Crippen LogP contribution is 2.35. The lowest BCUT2D eigenvalue weighted by atomic mass is 10.0. The van der Waals surface area contributed by atoms with E-state index in [2.05, 4.69) is 0 Å². The first-order valence-corrected chi connectivity index (χ1v) is 7.60. The van der Waals surface area contributed by atoms with Crippen LogP contribution in [0.15, 0.2) is 57.7 Å². The average molecular weight is 339 g/mol. The Balaban J connectivity index is 2.32. The van der Waals surface area contributed by atoms with Crippen LogP contribution >= 0.6 is 0 Å². The maximum Gasteiger partial charge on any atom is 0.414 e. The highest BCUT2D eigenvalue weighted by atomic mass is 16.6. The molecule has 0 saturated carbocycles. The van der Waals surface area contributed by atoms with E-state index in [0.29, 0.717) is 16.7 Å². The summed E-state index contributed by atoms with van der Waals surface area (Å²) in [5, 5.41) is 0.509. The van der Waals surface area contributed by atoms with Crippen molar-refractivity contribution >= 4 is 17.1 Å². The van der Waals surface area contributed by atoms with Crippen LogP contribution in [0.4, 0.5) is 4.79 Å². The van der Waals surface area contributed by atoms with Crippen molar-refractivity contribution < 1.29 is 18.7 Å². The van der Waals surface area contributed by atoms with E-state index in [9.17, 15) is 9.59 Å². The second-order valence-corrected chi connectivity index (χ2v) is 5.58. The zero-order valence-corrected chi connectivity index (χ0v) is 14.1. The van der Waals surface area contributed by atoms with Crippen LogP contribution < -0.4 is 15.1 Å². The van der Waals surface area contributed by atoms with Crippen LogP contribution in [0.2, 0.25) is 0 Å². The van der Waals surface area contributed by atoms with Crippen molar-refractivity contribution in [2.75, 3.05) is 21.2 Å². The molecule has 0 N–H and O–H groups in total. The highest BCUT2D eigenvalue weighted by Gasteiger charge is 2.21. The molecule has 6 heteroatoms. The highest BCUT2D eigenvalue weighted by molar-refractivity contribution is 5.93. The Kier molecular flexibility index (Phi) is 4.43. The molecule has 1 amide bonds. The van der Waals surface area contributed by atoms with Gasteiger partial charge in [0.05, 0.1) is 12.5 Å². The lowest BCUT2D eigenvalue weighted by Crippen LogP contribution is -2.26. The second-order valence-electron chi connectivity index (χ2n) is 5.58. The van der Waals surface area contributed by atoms with Crippen LogP contribution in [-0.2, 0) is 0 Å². The van der Waals surface area contributed by atoms with Gasteiger partial charge in [0.1, 0.15) is 16.9 Å². The summed E-state index contributed by atoms with van der Waals surface area (Å²) in [7, 11) is 4.66. The minimum absolute atomic E-state index is 0.166. The summed E-state index contributed by atoms with van der Waals surface area (Å²) >= 11 is 0. The van der Waals surface area contributed by atoms with Gasteiger partial charge in [-0.15, -0.1) is 0 Å². The minimum Gasteiger partial charge on any atom is -0.497 e. The van der Waals surface area contributed by atoms with E-state index in [-0.39, 0.29) is 16.9 Å². The third kappa shape index (κ3) is 3.19. The molecule has 6 nitrogen and oxygen atoms in total. The summed E-state index contributed by atoms with van der Waals surface area (Å²) in [4.78, 5) is 26.0. The van der Waals surface area contributed by atoms with Gasteiger partial charge in [-0.25, -0.2) is 9.59 Å². The Morgan fingerprint density at radius 3 is 2.44 bits per heavy atom. The van der Waals surface area contributed by atoms with Gasteiger partial charge in [0.2, 0.25) is 0 Å². The van der Waals surface area contributed by atoms with Crippen LogP contribution in [0, 0.1) is 0 Å². The zero-order chi connectivity index (χ0) is 18.0. The van der Waals surface area contributed by atoms with Crippen molar-refractivity contribution in [2.24, 2.45) is 0 Å². The number of carbonyl (C=O) groups excluding carboxylic acids is 1. The fraction of sp³-hybridized carbons (Fsp3) is 0.158. The van der Waals surface area contributed by atoms with E-state index >= 15 is 0 Å². The molecule has 0 fully saturated rings. The molecule has 0 bridgehead atoms. The summed E-state index contributed by atoms with van der Waals surface area (Å²) in [6.07, 6.45) is -0.583. The molecule has 1 heterocycles. The van der Waals surface area contributed by atoms with Crippen molar-refractivity contribution in [3.63, 3.8) is 0 Å². The Hall–Kier alpha value is -3.28. The summed E-state index contributed by atoms with van der Waals surface area (Å²) in [5.74, 6) is 0.701. The molecule has 0 unspecified atom stereocenters. The second kappa shape index (κ2) is 6.68. The number of nitrogens with zero attached hydrogens (tertiary/aromatic N) is 1. The van der Waals surface area contributed by atoms with E-state index in [1.807, 2.05) is 6.07 Å². The van der Waals surface area contributed by atoms with Gasteiger partial charge in [0.25, 0.3) is 0 Å². The number of carbonyl (C=O) groups is 1. The van der Waals surface area contributed by atoms with E-state index in [0.717, 1.165) is 0 Å². The van der Waals surface area contributed by atoms with Crippen molar-refractivity contribution in [3.8, 4) is 22.6 Å². The van der Waals surface area contributed by atoms with Gasteiger partial charge in [0, 0.05) is 20.2 Å². The Morgan fingerprint density at radius 1 is 1.08 bits per heavy atom. The van der Waals surface area contributed by atoms with Gasteiger partial charge < -0.3 is 18.8 Å². The van der Waals surface area contributed by atoms with Crippen molar-refractivity contribution in [1.82, 2.24) is 4.90 Å². The molecule has 0 aliphatic rings. The number of rotatable bonds is 3. The summed E-state index contributed by atoms with van der Waals surface area (Å²) in [6, 6.07) is 13.9. The third-order valence-electron chi connectivity index (χ3n) is 3.68. The summed E-state index contributed by atoms with van der Waals surface area (Å²) in [5.41, 5.74) is 0.503. The fourth-order valence-corrected chi connectivity index (χ4v) is 2.42. The number of amides is 1. The van der Waals surface area contributed by atoms with Crippen molar-refractivity contribution in [2.45, 2.75) is 0 Å². The SMILES string of the molecule is COc1ccc2c(OC(=O)N(C)C)c(-c3ccccc3)c(=O)oc2c1. The molecule has 0 aliphatic carbocycles. The predicted octanol–water partition coefficient (Wildman–Crippen LogP) is 3.53. The van der Waals surface area contributed by atoms with Gasteiger partial charge in [-0.05, 0) is 17.7 Å². The molecule has 0 atom stereocenters. The average Bonchev–Trinajstić information content (AvgIpc) is 2.61. The first-order chi connectivity index (χ1) is 12.0. The van der Waals surface area contributed by atoms with Gasteiger partial charge in [-0.1, -0.05) is 30.3 Å². The van der Waals surface area contributed by atoms with Crippen molar-refractivity contribution in [3.05, 3.63) is 59.0 Å². The molecule has 3 aromatic rings. The number of ether oxygens (including phenoxy) is 2. The van der Waals surface area contributed by atoms with Gasteiger partial charge in [0.15, 0.2) is 5.75 Å². The van der Waals surface area contributed by atoms with E-state index < -0.39 is 11.7 Å². The van der Waals surface area contributed by atoms with Gasteiger partial charge in [-0.2, -0.15) is 0 Å². The third-order valence-corrected chi connectivity index (χ3v) is 3.68. The maximum absolute atomic E-state index is 12.6. The molecule has 2 aromatic carbocycles. The maximum atomic E-state index is 12.6. The minimum atomic E-state index is -0.589. The van der Waals surface area contributed by atoms with Crippen LogP contribution in [-0.4, -0.2) is 32.2 Å². The standard InChI is InChI=1S/C19H17NO5/c1-20(2)19(22)25-17-14-10-9-13(23-3)11-15(14)24-18(21)16(17)12-7-5-4-6-8-12/h4-11H,1-3H3. The Labute approximate surface area is 144 Å². The summed E-state index contributed by atoms with van der Waals surface area (Å²) < 4.78 is 16.1. The topological polar surface area (TPSA) is 69.0 Å². The monoisotopic (exact) mass is 339 g/mol. The van der Waals surface area contributed by atoms with E-state index in [1.165, 1.54) is 12.0 Å². The number of benzene rings is 2. The first kappa shape index (κ1) is 16.6. The molecule has 1 aromatic heterocycles. The van der Waals surface area contributed by atoms with E-state index in [1.54, 1.807) is 56.6 Å². The molecule has 128 valence electrons. The van der Waals surface area contributed by atoms with Crippen LogP contribution in [0.1, 0.15) is 0 Å². The quantitative estimate of drug-likeness (QED) is 0.683. The van der Waals surface area contributed by atoms with Crippen LogP contribution in [0.25, 0.3) is 22.1 Å². The molecular formula is C19H17NO5. The molecule has 0 radical (unpaired) electrons. The molecular weight excluding hydrogens is 322 g/mol. The predicted molar refractivity (Wildman–Crippen MR) is 94.2 cm³/mol. The molecule has 0 saturated heterocycles. The number of methoxy groups -OCH3 is 1. The summed E-state index contributed by atoms with van der Waals surface area (Å²) in [6.45, 7) is 0. The van der Waals surface area contributed by atoms with E-state index in [4.69, 9.17) is 13.9 Å². The Bertz CT molecular complexity index is 976. The van der Waals surface area contributed by atoms with Gasteiger partial charge in [-0.3, -0.25) is 0 Å². The van der Waals surface area contributed by atoms with Crippen LogP contribution in [0.3, 0.4) is 0 Å². The molecule has 25 heavy (non-hydrogen) atoms. The van der Waals surface area contributed by atoms with Crippen molar-refractivity contribution in [1.29, 1.82) is 0 Å². The number of fused-ring (bicyclic) bond motifs is 1. The zero-order valence-electron chi connectivity index (χ0n) is 14.1. The number of hydrogen-bond acceptors (Lipinski definition) is 5. The lowest BCUT2D eigenvalue weighted by Gasteiger charge is -2.15. The largest absolute Gasteiger partial charge is 0.497 e. The first-order valence-electron chi connectivity index (χ1n) is 7.60. The van der Waals surface area contributed by atoms with Gasteiger partial charge >= 0.3 is 11.7 Å².